The Morgan fingerprint density at radius 2 is 1.85 bits per heavy atom. The Morgan fingerprint density at radius 3 is 2.50 bits per heavy atom. The van der Waals surface area contributed by atoms with E-state index in [-0.39, 0.29) is 12.1 Å². The predicted octanol–water partition coefficient (Wildman–Crippen LogP) is 2.61. The van der Waals surface area contributed by atoms with Crippen LogP contribution in [0.1, 0.15) is 24.4 Å². The average Bonchev–Trinajstić information content (AvgIpc) is 2.77. The summed E-state index contributed by atoms with van der Waals surface area (Å²) < 4.78 is 1.07. The van der Waals surface area contributed by atoms with Crippen molar-refractivity contribution in [3.63, 3.8) is 0 Å². The van der Waals surface area contributed by atoms with Crippen LogP contribution < -0.4 is 5.32 Å². The van der Waals surface area contributed by atoms with Crippen LogP contribution in [0.5, 0.6) is 0 Å². The zero-order valence-electron chi connectivity index (χ0n) is 11.7. The van der Waals surface area contributed by atoms with Gasteiger partial charge in [0, 0.05) is 24.1 Å². The molecular weight excluding hydrogens is 318 g/mol. The molecule has 20 heavy (non-hydrogen) atoms. The fourth-order valence-corrected chi connectivity index (χ4v) is 3.42. The van der Waals surface area contributed by atoms with Gasteiger partial charge in [0.1, 0.15) is 0 Å². The first-order valence-corrected chi connectivity index (χ1v) is 7.96. The summed E-state index contributed by atoms with van der Waals surface area (Å²) in [6.45, 7) is 2.84. The molecule has 1 unspecified atom stereocenters. The molecular formula is C15H20BrN3O. The van der Waals surface area contributed by atoms with Gasteiger partial charge >= 0.3 is 6.03 Å². The molecule has 1 N–H and O–H groups in total. The average molecular weight is 338 g/mol. The van der Waals surface area contributed by atoms with Crippen LogP contribution in [0.25, 0.3) is 0 Å². The van der Waals surface area contributed by atoms with Crippen LogP contribution in [0.4, 0.5) is 4.79 Å². The van der Waals surface area contributed by atoms with Gasteiger partial charge in [0.2, 0.25) is 0 Å². The summed E-state index contributed by atoms with van der Waals surface area (Å²) in [5.41, 5.74) is 1.21. The number of nitrogens with one attached hydrogen (secondary N) is 1. The maximum atomic E-state index is 12.5. The van der Waals surface area contributed by atoms with E-state index in [1.807, 2.05) is 24.1 Å². The van der Waals surface area contributed by atoms with Gasteiger partial charge in [0.05, 0.1) is 6.04 Å². The van der Waals surface area contributed by atoms with Crippen LogP contribution in [-0.4, -0.2) is 48.6 Å². The molecule has 1 atom stereocenters. The lowest BCUT2D eigenvalue weighted by Gasteiger charge is -2.30. The van der Waals surface area contributed by atoms with Gasteiger partial charge in [-0.15, -0.1) is 0 Å². The van der Waals surface area contributed by atoms with Crippen LogP contribution in [0.3, 0.4) is 0 Å². The van der Waals surface area contributed by atoms with Gasteiger partial charge in [-0.05, 0) is 43.6 Å². The molecule has 1 aromatic rings. The first kappa shape index (κ1) is 13.9. The Kier molecular flexibility index (Phi) is 3.98. The summed E-state index contributed by atoms with van der Waals surface area (Å²) in [7, 11) is 1.91. The third kappa shape index (κ3) is 2.56. The number of urea groups is 1. The highest BCUT2D eigenvalue weighted by Gasteiger charge is 2.39. The number of carbonyl (C=O) groups excluding carboxylic acids is 1. The Balaban J connectivity index is 1.77. The SMILES string of the molecule is CN1C(=O)N(C2CCNCC2)CC1c1ccc(Br)cc1. The molecule has 5 heteroatoms. The van der Waals surface area contributed by atoms with Gasteiger partial charge in [-0.3, -0.25) is 0 Å². The fourth-order valence-electron chi connectivity index (χ4n) is 3.16. The van der Waals surface area contributed by atoms with E-state index in [1.54, 1.807) is 0 Å². The minimum Gasteiger partial charge on any atom is -0.319 e. The molecule has 2 fully saturated rings. The van der Waals surface area contributed by atoms with Gasteiger partial charge in [-0.25, -0.2) is 4.79 Å². The minimum atomic E-state index is 0.171. The molecule has 2 aliphatic heterocycles. The molecule has 0 aliphatic carbocycles. The summed E-state index contributed by atoms with van der Waals surface area (Å²) in [5.74, 6) is 0. The summed E-state index contributed by atoms with van der Waals surface area (Å²) in [4.78, 5) is 16.4. The van der Waals surface area contributed by atoms with Crippen molar-refractivity contribution in [1.82, 2.24) is 15.1 Å². The molecule has 3 rings (SSSR count). The van der Waals surface area contributed by atoms with E-state index in [0.29, 0.717) is 6.04 Å². The second kappa shape index (κ2) is 5.74. The molecule has 0 bridgehead atoms. The van der Waals surface area contributed by atoms with Crippen molar-refractivity contribution in [2.75, 3.05) is 26.7 Å². The number of nitrogens with zero attached hydrogens (tertiary/aromatic N) is 2. The second-order valence-electron chi connectivity index (χ2n) is 5.59. The first-order valence-electron chi connectivity index (χ1n) is 7.16. The van der Waals surface area contributed by atoms with Gasteiger partial charge < -0.3 is 15.1 Å². The van der Waals surface area contributed by atoms with Crippen molar-refractivity contribution in [3.8, 4) is 0 Å². The Labute approximate surface area is 128 Å². The quantitative estimate of drug-likeness (QED) is 0.900. The van der Waals surface area contributed by atoms with E-state index < -0.39 is 0 Å². The van der Waals surface area contributed by atoms with Crippen LogP contribution in [0, 0.1) is 0 Å². The minimum absolute atomic E-state index is 0.171. The van der Waals surface area contributed by atoms with Crippen molar-refractivity contribution in [3.05, 3.63) is 34.3 Å². The van der Waals surface area contributed by atoms with Crippen molar-refractivity contribution < 1.29 is 4.79 Å². The smallest absolute Gasteiger partial charge is 0.319 e. The number of carbonyl (C=O) groups is 1. The zero-order valence-corrected chi connectivity index (χ0v) is 13.3. The van der Waals surface area contributed by atoms with E-state index in [1.165, 1.54) is 5.56 Å². The number of piperidine rings is 1. The third-order valence-corrected chi connectivity index (χ3v) is 4.92. The third-order valence-electron chi connectivity index (χ3n) is 4.39. The molecule has 2 heterocycles. The lowest BCUT2D eigenvalue weighted by molar-refractivity contribution is 0.170. The van der Waals surface area contributed by atoms with Gasteiger partial charge in [0.15, 0.2) is 0 Å². The molecule has 2 aliphatic rings. The fraction of sp³-hybridized carbons (Fsp3) is 0.533. The maximum absolute atomic E-state index is 12.5. The Morgan fingerprint density at radius 1 is 1.20 bits per heavy atom. The number of amides is 2. The van der Waals surface area contributed by atoms with E-state index in [4.69, 9.17) is 0 Å². The monoisotopic (exact) mass is 337 g/mol. The lowest BCUT2D eigenvalue weighted by Crippen LogP contribution is -2.44. The molecule has 1 aromatic carbocycles. The highest BCUT2D eigenvalue weighted by atomic mass is 79.9. The van der Waals surface area contributed by atoms with Crippen molar-refractivity contribution >= 4 is 22.0 Å². The van der Waals surface area contributed by atoms with Crippen molar-refractivity contribution in [2.45, 2.75) is 24.9 Å². The van der Waals surface area contributed by atoms with Crippen LogP contribution in [0.2, 0.25) is 0 Å². The summed E-state index contributed by atoms with van der Waals surface area (Å²) >= 11 is 3.46. The highest BCUT2D eigenvalue weighted by molar-refractivity contribution is 9.10. The van der Waals surface area contributed by atoms with E-state index in [9.17, 15) is 4.79 Å². The van der Waals surface area contributed by atoms with Gasteiger partial charge in [0.25, 0.3) is 0 Å². The van der Waals surface area contributed by atoms with Gasteiger partial charge in [-0.1, -0.05) is 28.1 Å². The van der Waals surface area contributed by atoms with Crippen LogP contribution in [0.15, 0.2) is 28.7 Å². The molecule has 0 saturated carbocycles. The first-order chi connectivity index (χ1) is 9.66. The molecule has 2 saturated heterocycles. The van der Waals surface area contributed by atoms with Crippen LogP contribution in [-0.2, 0) is 0 Å². The molecule has 108 valence electrons. The number of hydrogen-bond donors (Lipinski definition) is 1. The molecule has 2 amide bonds. The lowest BCUT2D eigenvalue weighted by atomic mass is 10.0. The number of hydrogen-bond acceptors (Lipinski definition) is 2. The normalized spacial score (nSPS) is 24.5. The summed E-state index contributed by atoms with van der Waals surface area (Å²) in [6, 6.07) is 9.03. The number of benzene rings is 1. The van der Waals surface area contributed by atoms with Crippen LogP contribution >= 0.6 is 15.9 Å². The standard InChI is InChI=1S/C15H20BrN3O/c1-18-14(11-2-4-12(16)5-3-11)10-19(15(18)20)13-6-8-17-9-7-13/h2-5,13-14,17H,6-10H2,1H3. The molecule has 0 aromatic heterocycles. The van der Waals surface area contributed by atoms with Crippen molar-refractivity contribution in [2.24, 2.45) is 0 Å². The maximum Gasteiger partial charge on any atom is 0.320 e. The molecule has 0 radical (unpaired) electrons. The molecule has 0 spiro atoms. The second-order valence-corrected chi connectivity index (χ2v) is 6.51. The predicted molar refractivity (Wildman–Crippen MR) is 82.6 cm³/mol. The van der Waals surface area contributed by atoms with Gasteiger partial charge in [-0.2, -0.15) is 0 Å². The Bertz CT molecular complexity index is 484. The number of rotatable bonds is 2. The highest BCUT2D eigenvalue weighted by Crippen LogP contribution is 2.31. The summed E-state index contributed by atoms with van der Waals surface area (Å²) in [5, 5.41) is 3.36. The molecule has 4 nitrogen and oxygen atoms in total. The van der Waals surface area contributed by atoms with E-state index >= 15 is 0 Å². The summed E-state index contributed by atoms with van der Waals surface area (Å²) in [6.07, 6.45) is 2.12. The topological polar surface area (TPSA) is 35.6 Å². The number of likely N-dealkylation sites (N-methyl/N-ethyl adjacent to an activating group) is 1. The largest absolute Gasteiger partial charge is 0.320 e. The zero-order chi connectivity index (χ0) is 14.1. The van der Waals surface area contributed by atoms with E-state index in [0.717, 1.165) is 36.9 Å². The van der Waals surface area contributed by atoms with E-state index in [2.05, 4.69) is 38.3 Å². The number of halogens is 1. The Hall–Kier alpha value is -1.07. The van der Waals surface area contributed by atoms with Crippen molar-refractivity contribution in [1.29, 1.82) is 0 Å².